The van der Waals surface area contributed by atoms with Crippen molar-refractivity contribution in [1.82, 2.24) is 5.32 Å². The smallest absolute Gasteiger partial charge is 0.407 e. The number of amides is 1. The lowest BCUT2D eigenvalue weighted by Gasteiger charge is -2.20. The van der Waals surface area contributed by atoms with Crippen LogP contribution in [0.25, 0.3) is 0 Å². The third kappa shape index (κ3) is 8.52. The quantitative estimate of drug-likeness (QED) is 0.685. The molecule has 0 fully saturated rings. The Hall–Kier alpha value is -2.48. The molecule has 0 heterocycles. The van der Waals surface area contributed by atoms with Crippen molar-refractivity contribution >= 4 is 12.1 Å². The Morgan fingerprint density at radius 1 is 1.22 bits per heavy atom. The van der Waals surface area contributed by atoms with E-state index in [-0.39, 0.29) is 24.9 Å². The van der Waals surface area contributed by atoms with Crippen LogP contribution < -0.4 is 5.32 Å². The first kappa shape index (κ1) is 18.6. The zero-order valence-corrected chi connectivity index (χ0v) is 14.0. The van der Waals surface area contributed by atoms with E-state index in [9.17, 15) is 9.59 Å². The van der Waals surface area contributed by atoms with Crippen LogP contribution in [0.3, 0.4) is 0 Å². The van der Waals surface area contributed by atoms with E-state index in [2.05, 4.69) is 21.9 Å². The molecule has 0 radical (unpaired) electrons. The SMILES string of the molecule is COC(=O)C[C@H](C#Cc1ccccc1)CNC(=O)OC(C)(C)C. The van der Waals surface area contributed by atoms with Crippen LogP contribution in [0.1, 0.15) is 32.8 Å². The maximum Gasteiger partial charge on any atom is 0.407 e. The van der Waals surface area contributed by atoms with E-state index in [1.165, 1.54) is 7.11 Å². The molecule has 0 saturated heterocycles. The van der Waals surface area contributed by atoms with Gasteiger partial charge in [0.25, 0.3) is 0 Å². The predicted octanol–water partition coefficient (Wildman–Crippen LogP) is 2.74. The van der Waals surface area contributed by atoms with Crippen LogP contribution in [0, 0.1) is 17.8 Å². The maximum absolute atomic E-state index is 11.7. The number of hydrogen-bond donors (Lipinski definition) is 1. The molecule has 1 aromatic rings. The van der Waals surface area contributed by atoms with Crippen LogP contribution in [-0.4, -0.2) is 31.3 Å². The number of rotatable bonds is 4. The topological polar surface area (TPSA) is 64.6 Å². The van der Waals surface area contributed by atoms with Crippen molar-refractivity contribution in [1.29, 1.82) is 0 Å². The molecule has 1 rings (SSSR count). The summed E-state index contributed by atoms with van der Waals surface area (Å²) in [4.78, 5) is 23.2. The number of alkyl carbamates (subject to hydrolysis) is 1. The Morgan fingerprint density at radius 2 is 1.87 bits per heavy atom. The summed E-state index contributed by atoms with van der Waals surface area (Å²) in [6, 6.07) is 9.44. The number of esters is 1. The van der Waals surface area contributed by atoms with Gasteiger partial charge >= 0.3 is 12.1 Å². The molecule has 124 valence electrons. The average molecular weight is 317 g/mol. The normalized spacial score (nSPS) is 11.7. The summed E-state index contributed by atoms with van der Waals surface area (Å²) in [5, 5.41) is 2.63. The Bertz CT molecular complexity index is 579. The zero-order valence-electron chi connectivity index (χ0n) is 14.0. The second kappa shape index (κ2) is 8.84. The molecule has 0 unspecified atom stereocenters. The van der Waals surface area contributed by atoms with Crippen LogP contribution in [0.5, 0.6) is 0 Å². The molecule has 1 aromatic carbocycles. The molecule has 23 heavy (non-hydrogen) atoms. The van der Waals surface area contributed by atoms with E-state index in [1.807, 2.05) is 30.3 Å². The van der Waals surface area contributed by atoms with E-state index in [4.69, 9.17) is 4.74 Å². The van der Waals surface area contributed by atoms with Gasteiger partial charge in [0.1, 0.15) is 5.60 Å². The van der Waals surface area contributed by atoms with Crippen molar-refractivity contribution in [3.63, 3.8) is 0 Å². The molecule has 0 aliphatic heterocycles. The molecule has 1 N–H and O–H groups in total. The first-order valence-corrected chi connectivity index (χ1v) is 7.40. The van der Waals surface area contributed by atoms with Gasteiger partial charge in [-0.15, -0.1) is 0 Å². The fourth-order valence-corrected chi connectivity index (χ4v) is 1.69. The molecule has 0 aliphatic rings. The van der Waals surface area contributed by atoms with Crippen molar-refractivity contribution in [3.05, 3.63) is 35.9 Å². The number of nitrogens with one attached hydrogen (secondary N) is 1. The van der Waals surface area contributed by atoms with E-state index in [0.29, 0.717) is 0 Å². The summed E-state index contributed by atoms with van der Waals surface area (Å²) in [6.07, 6.45) is -0.430. The van der Waals surface area contributed by atoms with Gasteiger partial charge in [-0.05, 0) is 32.9 Å². The Balaban J connectivity index is 2.68. The highest BCUT2D eigenvalue weighted by Crippen LogP contribution is 2.08. The molecule has 1 atom stereocenters. The van der Waals surface area contributed by atoms with Crippen molar-refractivity contribution in [3.8, 4) is 11.8 Å². The first-order chi connectivity index (χ1) is 10.8. The number of hydrogen-bond acceptors (Lipinski definition) is 4. The lowest BCUT2D eigenvalue weighted by Crippen LogP contribution is -2.35. The summed E-state index contributed by atoms with van der Waals surface area (Å²) < 4.78 is 9.84. The minimum absolute atomic E-state index is 0.103. The largest absolute Gasteiger partial charge is 0.469 e. The summed E-state index contributed by atoms with van der Waals surface area (Å²) in [7, 11) is 1.32. The standard InChI is InChI=1S/C18H23NO4/c1-18(2,3)23-17(21)19-13-15(12-16(20)22-4)11-10-14-8-6-5-7-9-14/h5-9,15H,12-13H2,1-4H3,(H,19,21)/t15-/m0/s1. The van der Waals surface area contributed by atoms with Gasteiger partial charge in [-0.1, -0.05) is 30.0 Å². The fourth-order valence-electron chi connectivity index (χ4n) is 1.69. The molecule has 0 spiro atoms. The van der Waals surface area contributed by atoms with Gasteiger partial charge in [0.15, 0.2) is 0 Å². The van der Waals surface area contributed by atoms with Crippen molar-refractivity contribution in [2.24, 2.45) is 5.92 Å². The van der Waals surface area contributed by atoms with Crippen LogP contribution >= 0.6 is 0 Å². The lowest BCUT2D eigenvalue weighted by molar-refractivity contribution is -0.141. The van der Waals surface area contributed by atoms with Crippen molar-refractivity contribution in [2.75, 3.05) is 13.7 Å². The fraction of sp³-hybridized carbons (Fsp3) is 0.444. The highest BCUT2D eigenvalue weighted by Gasteiger charge is 2.18. The summed E-state index contributed by atoms with van der Waals surface area (Å²) in [6.45, 7) is 5.57. The van der Waals surface area contributed by atoms with Gasteiger partial charge in [0.2, 0.25) is 0 Å². The molecule has 0 saturated carbocycles. The van der Waals surface area contributed by atoms with Gasteiger partial charge in [-0.25, -0.2) is 4.79 Å². The number of ether oxygens (including phenoxy) is 2. The van der Waals surface area contributed by atoms with E-state index in [1.54, 1.807) is 20.8 Å². The predicted molar refractivity (Wildman–Crippen MR) is 87.7 cm³/mol. The van der Waals surface area contributed by atoms with E-state index in [0.717, 1.165) is 5.56 Å². The molecule has 0 bridgehead atoms. The Labute approximate surface area is 137 Å². The number of methoxy groups -OCH3 is 1. The summed E-state index contributed by atoms with van der Waals surface area (Å²) in [5.74, 6) is 5.27. The second-order valence-electron chi connectivity index (χ2n) is 6.00. The molecule has 0 aliphatic carbocycles. The van der Waals surface area contributed by atoms with Gasteiger partial charge in [0, 0.05) is 18.0 Å². The van der Waals surface area contributed by atoms with Crippen LogP contribution in [0.2, 0.25) is 0 Å². The minimum Gasteiger partial charge on any atom is -0.469 e. The van der Waals surface area contributed by atoms with E-state index < -0.39 is 11.7 Å². The monoisotopic (exact) mass is 317 g/mol. The Kier molecular flexibility index (Phi) is 7.14. The third-order valence-corrected chi connectivity index (χ3v) is 2.73. The van der Waals surface area contributed by atoms with Gasteiger partial charge in [-0.2, -0.15) is 0 Å². The van der Waals surface area contributed by atoms with E-state index >= 15 is 0 Å². The highest BCUT2D eigenvalue weighted by molar-refractivity contribution is 5.71. The third-order valence-electron chi connectivity index (χ3n) is 2.73. The summed E-state index contributed by atoms with van der Waals surface area (Å²) in [5.41, 5.74) is 0.275. The molecule has 0 aromatic heterocycles. The van der Waals surface area contributed by atoms with Gasteiger partial charge in [-0.3, -0.25) is 4.79 Å². The van der Waals surface area contributed by atoms with Crippen LogP contribution in [0.15, 0.2) is 30.3 Å². The van der Waals surface area contributed by atoms with Crippen molar-refractivity contribution in [2.45, 2.75) is 32.8 Å². The maximum atomic E-state index is 11.7. The molecule has 1 amide bonds. The van der Waals surface area contributed by atoms with Gasteiger partial charge in [0.05, 0.1) is 13.5 Å². The first-order valence-electron chi connectivity index (χ1n) is 7.40. The Morgan fingerprint density at radius 3 is 2.43 bits per heavy atom. The number of carbonyl (C=O) groups is 2. The molecule has 5 heteroatoms. The zero-order chi connectivity index (χ0) is 17.3. The van der Waals surface area contributed by atoms with Gasteiger partial charge < -0.3 is 14.8 Å². The van der Waals surface area contributed by atoms with Crippen LogP contribution in [-0.2, 0) is 14.3 Å². The minimum atomic E-state index is -0.572. The van der Waals surface area contributed by atoms with Crippen LogP contribution in [0.4, 0.5) is 4.79 Å². The number of benzene rings is 1. The summed E-state index contributed by atoms with van der Waals surface area (Å²) >= 11 is 0. The second-order valence-corrected chi connectivity index (χ2v) is 6.00. The highest BCUT2D eigenvalue weighted by atomic mass is 16.6. The number of carbonyl (C=O) groups excluding carboxylic acids is 2. The molecular weight excluding hydrogens is 294 g/mol. The molecule has 5 nitrogen and oxygen atoms in total. The lowest BCUT2D eigenvalue weighted by atomic mass is 10.1. The molecular formula is C18H23NO4. The van der Waals surface area contributed by atoms with Crippen molar-refractivity contribution < 1.29 is 19.1 Å². The average Bonchev–Trinajstić information content (AvgIpc) is 2.49.